The van der Waals surface area contributed by atoms with Gasteiger partial charge >= 0.3 is 0 Å². The van der Waals surface area contributed by atoms with Gasteiger partial charge in [0.1, 0.15) is 0 Å². The summed E-state index contributed by atoms with van der Waals surface area (Å²) >= 11 is 0. The van der Waals surface area contributed by atoms with Crippen LogP contribution in [0.4, 0.5) is 0 Å². The van der Waals surface area contributed by atoms with E-state index in [-0.39, 0.29) is 23.0 Å². The molecule has 2 amide bonds. The maximum Gasteiger partial charge on any atom is 0.257 e. The standard InChI is InChI=1S/C17H25NO4/c1-12(2)7-5-4-6-8-16(20)18-17(21)13-9-10-14(19)15(11-13)22-3/h9-12,19H,4-8H2,1-3H3,(H,18,20,21). The van der Waals surface area contributed by atoms with Crippen molar-refractivity contribution < 1.29 is 19.4 Å². The number of methoxy groups -OCH3 is 1. The first-order valence-corrected chi connectivity index (χ1v) is 7.65. The fourth-order valence-electron chi connectivity index (χ4n) is 2.10. The Labute approximate surface area is 131 Å². The highest BCUT2D eigenvalue weighted by molar-refractivity contribution is 6.04. The first-order valence-electron chi connectivity index (χ1n) is 7.65. The average molecular weight is 307 g/mol. The van der Waals surface area contributed by atoms with Crippen molar-refractivity contribution in [1.82, 2.24) is 5.32 Å². The van der Waals surface area contributed by atoms with Gasteiger partial charge < -0.3 is 9.84 Å². The fourth-order valence-corrected chi connectivity index (χ4v) is 2.10. The predicted octanol–water partition coefficient (Wildman–Crippen LogP) is 3.26. The van der Waals surface area contributed by atoms with E-state index in [1.54, 1.807) is 0 Å². The van der Waals surface area contributed by atoms with Crippen LogP contribution in [0.15, 0.2) is 18.2 Å². The summed E-state index contributed by atoms with van der Waals surface area (Å²) in [6, 6.07) is 4.22. The van der Waals surface area contributed by atoms with Crippen LogP contribution in [-0.2, 0) is 4.79 Å². The van der Waals surface area contributed by atoms with Gasteiger partial charge in [-0.1, -0.05) is 33.1 Å². The van der Waals surface area contributed by atoms with Crippen molar-refractivity contribution in [2.24, 2.45) is 5.92 Å². The van der Waals surface area contributed by atoms with Crippen molar-refractivity contribution in [2.75, 3.05) is 7.11 Å². The summed E-state index contributed by atoms with van der Waals surface area (Å²) in [6.45, 7) is 4.36. The summed E-state index contributed by atoms with van der Waals surface area (Å²) in [5.74, 6) is 0.0799. The third-order valence-electron chi connectivity index (χ3n) is 3.38. The number of unbranched alkanes of at least 4 members (excludes halogenated alkanes) is 2. The molecule has 0 bridgehead atoms. The Morgan fingerprint density at radius 2 is 1.95 bits per heavy atom. The Kier molecular flexibility index (Phi) is 7.43. The van der Waals surface area contributed by atoms with Crippen LogP contribution in [0.1, 0.15) is 56.3 Å². The van der Waals surface area contributed by atoms with Crippen LogP contribution in [0.5, 0.6) is 11.5 Å². The largest absolute Gasteiger partial charge is 0.504 e. The van der Waals surface area contributed by atoms with Crippen LogP contribution >= 0.6 is 0 Å². The van der Waals surface area contributed by atoms with Crippen LogP contribution < -0.4 is 10.1 Å². The van der Waals surface area contributed by atoms with Gasteiger partial charge in [0.2, 0.25) is 5.91 Å². The third-order valence-corrected chi connectivity index (χ3v) is 3.38. The normalized spacial score (nSPS) is 10.5. The summed E-state index contributed by atoms with van der Waals surface area (Å²) < 4.78 is 4.94. The summed E-state index contributed by atoms with van der Waals surface area (Å²) in [5, 5.41) is 11.8. The van der Waals surface area contributed by atoms with E-state index < -0.39 is 5.91 Å². The van der Waals surface area contributed by atoms with Crippen LogP contribution in [0.25, 0.3) is 0 Å². The van der Waals surface area contributed by atoms with Crippen molar-refractivity contribution in [1.29, 1.82) is 0 Å². The number of aromatic hydroxyl groups is 1. The minimum absolute atomic E-state index is 0.0458. The topological polar surface area (TPSA) is 75.6 Å². The molecule has 0 aliphatic heterocycles. The molecule has 0 atom stereocenters. The maximum absolute atomic E-state index is 11.9. The Morgan fingerprint density at radius 1 is 1.23 bits per heavy atom. The second kappa shape index (κ2) is 9.07. The number of carbonyl (C=O) groups is 2. The van der Waals surface area contributed by atoms with Gasteiger partial charge in [0, 0.05) is 12.0 Å². The highest BCUT2D eigenvalue weighted by Crippen LogP contribution is 2.26. The molecular weight excluding hydrogens is 282 g/mol. The van der Waals surface area contributed by atoms with Crippen molar-refractivity contribution in [3.8, 4) is 11.5 Å². The fraction of sp³-hybridized carbons (Fsp3) is 0.529. The summed E-state index contributed by atoms with van der Waals surface area (Å²) in [6.07, 6.45) is 4.39. The zero-order chi connectivity index (χ0) is 16.5. The molecule has 0 unspecified atom stereocenters. The van der Waals surface area contributed by atoms with E-state index in [4.69, 9.17) is 4.74 Å². The van der Waals surface area contributed by atoms with Crippen LogP contribution in [0, 0.1) is 5.92 Å². The van der Waals surface area contributed by atoms with E-state index in [1.165, 1.54) is 25.3 Å². The van der Waals surface area contributed by atoms with E-state index in [9.17, 15) is 14.7 Å². The summed E-state index contributed by atoms with van der Waals surface area (Å²) in [5.41, 5.74) is 0.280. The molecule has 2 N–H and O–H groups in total. The number of rotatable bonds is 8. The Morgan fingerprint density at radius 3 is 2.59 bits per heavy atom. The highest BCUT2D eigenvalue weighted by Gasteiger charge is 2.12. The Balaban J connectivity index is 2.39. The summed E-state index contributed by atoms with van der Waals surface area (Å²) in [4.78, 5) is 23.7. The van der Waals surface area contributed by atoms with Gasteiger partial charge in [-0.2, -0.15) is 0 Å². The van der Waals surface area contributed by atoms with Crippen LogP contribution in [-0.4, -0.2) is 24.0 Å². The second-order valence-corrected chi connectivity index (χ2v) is 5.76. The Bertz CT molecular complexity index is 511. The lowest BCUT2D eigenvalue weighted by Gasteiger charge is -2.07. The predicted molar refractivity (Wildman–Crippen MR) is 85.1 cm³/mol. The third kappa shape index (κ3) is 6.16. The van der Waals surface area contributed by atoms with Crippen molar-refractivity contribution in [3.63, 3.8) is 0 Å². The molecule has 122 valence electrons. The van der Waals surface area contributed by atoms with E-state index in [2.05, 4.69) is 19.2 Å². The number of imide groups is 1. The molecule has 0 radical (unpaired) electrons. The van der Waals surface area contributed by atoms with E-state index in [0.29, 0.717) is 12.3 Å². The smallest absolute Gasteiger partial charge is 0.257 e. The van der Waals surface area contributed by atoms with Gasteiger partial charge in [0.15, 0.2) is 11.5 Å². The zero-order valence-corrected chi connectivity index (χ0v) is 13.5. The maximum atomic E-state index is 11.9. The van der Waals surface area contributed by atoms with Crippen molar-refractivity contribution >= 4 is 11.8 Å². The lowest BCUT2D eigenvalue weighted by atomic mass is 10.0. The number of hydrogen-bond acceptors (Lipinski definition) is 4. The molecule has 1 rings (SSSR count). The minimum Gasteiger partial charge on any atom is -0.504 e. The number of ether oxygens (including phenoxy) is 1. The van der Waals surface area contributed by atoms with Gasteiger partial charge in [0.05, 0.1) is 7.11 Å². The van der Waals surface area contributed by atoms with E-state index >= 15 is 0 Å². The molecule has 0 spiro atoms. The van der Waals surface area contributed by atoms with E-state index in [0.717, 1.165) is 25.7 Å². The van der Waals surface area contributed by atoms with Gasteiger partial charge in [-0.05, 0) is 30.5 Å². The number of benzene rings is 1. The number of nitrogens with one attached hydrogen (secondary N) is 1. The van der Waals surface area contributed by atoms with Crippen molar-refractivity contribution in [2.45, 2.75) is 46.0 Å². The molecule has 0 saturated carbocycles. The quantitative estimate of drug-likeness (QED) is 0.723. The molecule has 0 heterocycles. The number of phenols is 1. The number of amides is 2. The molecule has 5 heteroatoms. The molecule has 0 aromatic heterocycles. The van der Waals surface area contributed by atoms with Gasteiger partial charge in [-0.3, -0.25) is 14.9 Å². The van der Waals surface area contributed by atoms with Gasteiger partial charge in [-0.15, -0.1) is 0 Å². The lowest BCUT2D eigenvalue weighted by molar-refractivity contribution is -0.120. The van der Waals surface area contributed by atoms with Crippen LogP contribution in [0.3, 0.4) is 0 Å². The monoisotopic (exact) mass is 307 g/mol. The molecule has 5 nitrogen and oxygen atoms in total. The second-order valence-electron chi connectivity index (χ2n) is 5.76. The minimum atomic E-state index is -0.481. The van der Waals surface area contributed by atoms with Crippen molar-refractivity contribution in [3.05, 3.63) is 23.8 Å². The molecule has 0 fully saturated rings. The molecule has 1 aromatic rings. The Hall–Kier alpha value is -2.04. The molecule has 0 aliphatic rings. The molecule has 1 aromatic carbocycles. The summed E-state index contributed by atoms with van der Waals surface area (Å²) in [7, 11) is 1.40. The molecular formula is C17H25NO4. The van der Waals surface area contributed by atoms with E-state index in [1.807, 2.05) is 0 Å². The average Bonchev–Trinajstić information content (AvgIpc) is 2.46. The first kappa shape index (κ1) is 18.0. The number of hydrogen-bond donors (Lipinski definition) is 2. The first-order chi connectivity index (χ1) is 10.4. The molecule has 0 saturated heterocycles. The van der Waals surface area contributed by atoms with Crippen LogP contribution in [0.2, 0.25) is 0 Å². The lowest BCUT2D eigenvalue weighted by Crippen LogP contribution is -2.30. The molecule has 0 aliphatic carbocycles. The molecule has 22 heavy (non-hydrogen) atoms. The number of phenolic OH excluding ortho intramolecular Hbond substituents is 1. The highest BCUT2D eigenvalue weighted by atomic mass is 16.5. The number of carbonyl (C=O) groups excluding carboxylic acids is 2. The SMILES string of the molecule is COc1cc(C(=O)NC(=O)CCCCCC(C)C)ccc1O. The van der Waals surface area contributed by atoms with Gasteiger partial charge in [0.25, 0.3) is 5.91 Å². The zero-order valence-electron chi connectivity index (χ0n) is 13.5. The van der Waals surface area contributed by atoms with Gasteiger partial charge in [-0.25, -0.2) is 0 Å².